The van der Waals surface area contributed by atoms with Crippen LogP contribution in [0.25, 0.3) is 6.08 Å². The van der Waals surface area contributed by atoms with Crippen LogP contribution in [-0.2, 0) is 9.59 Å². The van der Waals surface area contributed by atoms with Crippen LogP contribution >= 0.6 is 23.4 Å². The Labute approximate surface area is 241 Å². The quantitative estimate of drug-likeness (QED) is 0.149. The van der Waals surface area contributed by atoms with Gasteiger partial charge in [-0.05, 0) is 60.2 Å². The molecular weight excluding hydrogens is 546 g/mol. The van der Waals surface area contributed by atoms with E-state index in [-0.39, 0.29) is 17.4 Å². The van der Waals surface area contributed by atoms with Crippen LogP contribution in [0, 0.1) is 0 Å². The summed E-state index contributed by atoms with van der Waals surface area (Å²) in [7, 11) is 1.54. The summed E-state index contributed by atoms with van der Waals surface area (Å²) in [5, 5.41) is 8.80. The number of hydrogen-bond donors (Lipinski definition) is 3. The lowest BCUT2D eigenvalue weighted by Crippen LogP contribution is -2.30. The predicted molar refractivity (Wildman–Crippen MR) is 161 cm³/mol. The van der Waals surface area contributed by atoms with Gasteiger partial charge in [0.05, 0.1) is 18.6 Å². The van der Waals surface area contributed by atoms with Crippen LogP contribution in [-0.4, -0.2) is 30.6 Å². The molecule has 0 heterocycles. The van der Waals surface area contributed by atoms with E-state index in [4.69, 9.17) is 16.3 Å². The smallest absolute Gasteiger partial charge is 0.272 e. The maximum absolute atomic E-state index is 13.3. The second-order valence-corrected chi connectivity index (χ2v) is 9.87. The third-order valence-corrected chi connectivity index (χ3v) is 6.91. The highest BCUT2D eigenvalue weighted by Gasteiger charge is 2.16. The lowest BCUT2D eigenvalue weighted by molar-refractivity contribution is -0.114. The molecule has 0 bridgehead atoms. The van der Waals surface area contributed by atoms with E-state index in [1.165, 1.54) is 17.8 Å². The Morgan fingerprint density at radius 1 is 0.850 bits per heavy atom. The van der Waals surface area contributed by atoms with Crippen LogP contribution in [0.4, 0.5) is 11.4 Å². The number of carbonyl (C=O) groups is 3. The van der Waals surface area contributed by atoms with E-state index in [1.807, 2.05) is 18.2 Å². The van der Waals surface area contributed by atoms with Crippen LogP contribution in [0.5, 0.6) is 5.75 Å². The molecule has 0 aromatic heterocycles. The zero-order chi connectivity index (χ0) is 28.3. The molecule has 0 aliphatic heterocycles. The highest BCUT2D eigenvalue weighted by molar-refractivity contribution is 8.00. The molecule has 40 heavy (non-hydrogen) atoms. The van der Waals surface area contributed by atoms with Crippen molar-refractivity contribution < 1.29 is 19.1 Å². The molecule has 0 aliphatic carbocycles. The normalized spacial score (nSPS) is 10.9. The van der Waals surface area contributed by atoms with Gasteiger partial charge < -0.3 is 20.7 Å². The number of rotatable bonds is 10. The number of benzene rings is 4. The molecule has 0 aliphatic rings. The van der Waals surface area contributed by atoms with Crippen molar-refractivity contribution in [3.63, 3.8) is 0 Å². The van der Waals surface area contributed by atoms with Gasteiger partial charge in [-0.25, -0.2) is 0 Å². The first-order valence-corrected chi connectivity index (χ1v) is 13.6. The summed E-state index contributed by atoms with van der Waals surface area (Å²) in [4.78, 5) is 39.5. The Bertz CT molecular complexity index is 1540. The van der Waals surface area contributed by atoms with Gasteiger partial charge in [-0.15, -0.1) is 11.8 Å². The lowest BCUT2D eigenvalue weighted by atomic mass is 10.1. The van der Waals surface area contributed by atoms with Gasteiger partial charge in [-0.2, -0.15) is 0 Å². The van der Waals surface area contributed by atoms with Gasteiger partial charge in [0.1, 0.15) is 11.4 Å². The zero-order valence-corrected chi connectivity index (χ0v) is 23.1. The summed E-state index contributed by atoms with van der Waals surface area (Å²) in [6.45, 7) is 0. The van der Waals surface area contributed by atoms with Gasteiger partial charge in [0, 0.05) is 21.2 Å². The molecule has 4 aromatic rings. The van der Waals surface area contributed by atoms with Crippen molar-refractivity contribution in [3.8, 4) is 5.75 Å². The predicted octanol–water partition coefficient (Wildman–Crippen LogP) is 6.49. The molecule has 0 saturated carbocycles. The van der Waals surface area contributed by atoms with Gasteiger partial charge in [-0.3, -0.25) is 14.4 Å². The SMILES string of the molecule is COc1ccccc1NC(=O)CSc1cccc(NC(=O)/C(=C\c2ccccc2Cl)NC(=O)c2ccccc2)c1. The molecule has 3 amide bonds. The molecule has 3 N–H and O–H groups in total. The fraction of sp³-hybridized carbons (Fsp3) is 0.0645. The molecule has 0 atom stereocenters. The van der Waals surface area contributed by atoms with E-state index in [1.54, 1.807) is 92.0 Å². The molecule has 0 fully saturated rings. The van der Waals surface area contributed by atoms with Crippen LogP contribution < -0.4 is 20.7 Å². The third-order valence-electron chi connectivity index (χ3n) is 5.58. The van der Waals surface area contributed by atoms with Crippen LogP contribution in [0.1, 0.15) is 15.9 Å². The standard InChI is InChI=1S/C31H26ClN3O4S/c1-39-28-17-8-7-16-26(28)34-29(36)20-40-24-14-9-13-23(19-24)33-31(38)27(18-22-12-5-6-15-25(22)32)35-30(37)21-10-3-2-4-11-21/h2-19H,20H2,1H3,(H,33,38)(H,34,36)(H,35,37)/b27-18+. The van der Waals surface area contributed by atoms with Gasteiger partial charge in [0.2, 0.25) is 5.91 Å². The fourth-order valence-electron chi connectivity index (χ4n) is 3.64. The maximum Gasteiger partial charge on any atom is 0.272 e. The third kappa shape index (κ3) is 7.99. The van der Waals surface area contributed by atoms with Crippen molar-refractivity contribution in [3.05, 3.63) is 125 Å². The number of thioether (sulfide) groups is 1. The van der Waals surface area contributed by atoms with Crippen molar-refractivity contribution in [1.29, 1.82) is 0 Å². The van der Waals surface area contributed by atoms with Crippen LogP contribution in [0.3, 0.4) is 0 Å². The van der Waals surface area contributed by atoms with Crippen molar-refractivity contribution in [2.24, 2.45) is 0 Å². The first-order valence-electron chi connectivity index (χ1n) is 12.2. The van der Waals surface area contributed by atoms with E-state index < -0.39 is 11.8 Å². The molecule has 7 nitrogen and oxygen atoms in total. The second kappa shape index (κ2) is 14.0. The minimum atomic E-state index is -0.528. The molecule has 0 radical (unpaired) electrons. The lowest BCUT2D eigenvalue weighted by Gasteiger charge is -2.13. The highest BCUT2D eigenvalue weighted by Crippen LogP contribution is 2.26. The minimum absolute atomic E-state index is 0.0243. The molecule has 0 unspecified atom stereocenters. The van der Waals surface area contributed by atoms with E-state index in [0.717, 1.165) is 4.90 Å². The molecular formula is C31H26ClN3O4S. The Kier molecular flexibility index (Phi) is 9.99. The molecule has 9 heteroatoms. The van der Waals surface area contributed by atoms with Gasteiger partial charge in [0.15, 0.2) is 0 Å². The molecule has 4 rings (SSSR count). The van der Waals surface area contributed by atoms with E-state index in [0.29, 0.717) is 33.3 Å². The van der Waals surface area contributed by atoms with Crippen molar-refractivity contribution in [1.82, 2.24) is 5.32 Å². The van der Waals surface area contributed by atoms with Crippen LogP contribution in [0.2, 0.25) is 5.02 Å². The van der Waals surface area contributed by atoms with Gasteiger partial charge in [0.25, 0.3) is 11.8 Å². The zero-order valence-electron chi connectivity index (χ0n) is 21.5. The number of ether oxygens (including phenoxy) is 1. The number of methoxy groups -OCH3 is 1. The number of amides is 3. The fourth-order valence-corrected chi connectivity index (χ4v) is 4.58. The molecule has 0 spiro atoms. The largest absolute Gasteiger partial charge is 0.495 e. The molecule has 4 aromatic carbocycles. The Morgan fingerprint density at radius 3 is 2.35 bits per heavy atom. The topological polar surface area (TPSA) is 96.5 Å². The van der Waals surface area contributed by atoms with E-state index in [9.17, 15) is 14.4 Å². The summed E-state index contributed by atoms with van der Waals surface area (Å²) in [5.74, 6) is -0.428. The maximum atomic E-state index is 13.3. The van der Waals surface area contributed by atoms with Gasteiger partial charge in [-0.1, -0.05) is 66.2 Å². The number of para-hydroxylation sites is 2. The molecule has 202 valence electrons. The van der Waals surface area contributed by atoms with Crippen molar-refractivity contribution in [2.45, 2.75) is 4.90 Å². The Balaban J connectivity index is 1.46. The van der Waals surface area contributed by atoms with Crippen molar-refractivity contribution >= 4 is 58.5 Å². The summed E-state index contributed by atoms with van der Waals surface area (Å²) in [6.07, 6.45) is 1.53. The van der Waals surface area contributed by atoms with E-state index >= 15 is 0 Å². The number of halogens is 1. The number of carbonyl (C=O) groups excluding carboxylic acids is 3. The van der Waals surface area contributed by atoms with Crippen LogP contribution in [0.15, 0.2) is 114 Å². The average molecular weight is 572 g/mol. The first-order chi connectivity index (χ1) is 19.4. The highest BCUT2D eigenvalue weighted by atomic mass is 35.5. The molecule has 0 saturated heterocycles. The Morgan fingerprint density at radius 2 is 1.57 bits per heavy atom. The first kappa shape index (κ1) is 28.5. The Hall–Kier alpha value is -4.53. The number of anilines is 2. The van der Waals surface area contributed by atoms with E-state index in [2.05, 4.69) is 16.0 Å². The van der Waals surface area contributed by atoms with Gasteiger partial charge >= 0.3 is 0 Å². The van der Waals surface area contributed by atoms with Crippen molar-refractivity contribution in [2.75, 3.05) is 23.5 Å². The number of nitrogens with one attached hydrogen (secondary N) is 3. The second-order valence-electron chi connectivity index (χ2n) is 8.42. The summed E-state index contributed by atoms with van der Waals surface area (Å²) in [6, 6.07) is 29.9. The number of hydrogen-bond acceptors (Lipinski definition) is 5. The monoisotopic (exact) mass is 571 g/mol. The summed E-state index contributed by atoms with van der Waals surface area (Å²) >= 11 is 7.62. The summed E-state index contributed by atoms with van der Waals surface area (Å²) in [5.41, 5.74) is 2.10. The summed E-state index contributed by atoms with van der Waals surface area (Å²) < 4.78 is 5.27. The minimum Gasteiger partial charge on any atom is -0.495 e. The average Bonchev–Trinajstić information content (AvgIpc) is 2.97.